The normalized spacial score (nSPS) is 33.9. The molecule has 0 aliphatic carbocycles. The molecule has 0 radical (unpaired) electrons. The summed E-state index contributed by atoms with van der Waals surface area (Å²) in [4.78, 5) is 21.6. The van der Waals surface area contributed by atoms with E-state index in [2.05, 4.69) is 15.0 Å². The van der Waals surface area contributed by atoms with E-state index in [1.807, 2.05) is 0 Å². The van der Waals surface area contributed by atoms with Crippen LogP contribution in [0.15, 0.2) is 11.1 Å². The molecule has 1 saturated heterocycles. The van der Waals surface area contributed by atoms with Gasteiger partial charge in [-0.15, -0.1) is 6.42 Å². The van der Waals surface area contributed by atoms with E-state index < -0.39 is 36.0 Å². The summed E-state index contributed by atoms with van der Waals surface area (Å²) in [5.74, 6) is -1.66. The highest BCUT2D eigenvalue weighted by Gasteiger charge is 2.66. The largest absolute Gasteiger partial charge is 0.390 e. The van der Waals surface area contributed by atoms with Crippen LogP contribution in [0.1, 0.15) is 6.23 Å². The number of nitrogens with zero attached hydrogens (tertiary/aromatic N) is 3. The Morgan fingerprint density at radius 2 is 2.35 bits per heavy atom. The van der Waals surface area contributed by atoms with E-state index in [4.69, 9.17) is 22.0 Å². The highest BCUT2D eigenvalue weighted by molar-refractivity contribution is 5.70. The second kappa shape index (κ2) is 4.74. The smallest absolute Gasteiger partial charge is 0.280 e. The van der Waals surface area contributed by atoms with E-state index in [9.17, 15) is 19.4 Å². The summed E-state index contributed by atoms with van der Waals surface area (Å²) >= 11 is 0. The lowest BCUT2D eigenvalue weighted by Crippen LogP contribution is -2.54. The fourth-order valence-corrected chi connectivity index (χ4v) is 2.46. The Balaban J connectivity index is 2.18. The molecule has 1 fully saturated rings. The number of aliphatic hydroxyl groups excluding tert-OH is 2. The van der Waals surface area contributed by atoms with Crippen LogP contribution in [-0.2, 0) is 4.74 Å². The Kier molecular flexibility index (Phi) is 3.17. The number of nitrogens with two attached hydrogens (primary N) is 1. The van der Waals surface area contributed by atoms with Crippen LogP contribution in [0.25, 0.3) is 11.2 Å². The fourth-order valence-electron chi connectivity index (χ4n) is 2.46. The van der Waals surface area contributed by atoms with Crippen molar-refractivity contribution in [2.24, 2.45) is 0 Å². The zero-order valence-electron chi connectivity index (χ0n) is 11.5. The van der Waals surface area contributed by atoms with Crippen LogP contribution in [0.3, 0.4) is 0 Å². The van der Waals surface area contributed by atoms with Gasteiger partial charge >= 0.3 is 0 Å². The molecule has 0 unspecified atom stereocenters. The van der Waals surface area contributed by atoms with Gasteiger partial charge in [0.1, 0.15) is 12.7 Å². The summed E-state index contributed by atoms with van der Waals surface area (Å²) in [5, 5.41) is 29.5. The van der Waals surface area contributed by atoms with E-state index in [-0.39, 0.29) is 17.1 Å². The first-order valence-corrected chi connectivity index (χ1v) is 6.35. The third-order valence-corrected chi connectivity index (χ3v) is 3.72. The first kappa shape index (κ1) is 15.4. The van der Waals surface area contributed by atoms with E-state index in [0.29, 0.717) is 0 Å². The second-order valence-electron chi connectivity index (χ2n) is 5.03. The van der Waals surface area contributed by atoms with Crippen LogP contribution in [0.5, 0.6) is 0 Å². The van der Waals surface area contributed by atoms with Crippen LogP contribution in [-0.4, -0.2) is 59.0 Å². The lowest BCUT2D eigenvalue weighted by atomic mass is 9.91. The van der Waals surface area contributed by atoms with Crippen molar-refractivity contribution >= 4 is 17.1 Å². The van der Waals surface area contributed by atoms with Gasteiger partial charge in [-0.3, -0.25) is 14.3 Å². The molecule has 0 saturated carbocycles. The van der Waals surface area contributed by atoms with Gasteiger partial charge in [0.2, 0.25) is 11.5 Å². The highest BCUT2D eigenvalue weighted by Crippen LogP contribution is 2.45. The van der Waals surface area contributed by atoms with E-state index in [0.717, 1.165) is 10.9 Å². The topological polar surface area (TPSA) is 160 Å². The lowest BCUT2D eigenvalue weighted by molar-refractivity contribution is -0.225. The number of aromatic nitrogens is 4. The number of hydrogen-bond donors (Lipinski definition) is 5. The summed E-state index contributed by atoms with van der Waals surface area (Å²) in [7, 11) is 0. The van der Waals surface area contributed by atoms with Crippen molar-refractivity contribution in [1.29, 1.82) is 0 Å². The molecule has 23 heavy (non-hydrogen) atoms. The summed E-state index contributed by atoms with van der Waals surface area (Å²) in [6, 6.07) is 0. The summed E-state index contributed by atoms with van der Waals surface area (Å²) < 4.78 is 20.5. The maximum Gasteiger partial charge on any atom is 0.280 e. The Hall–Kier alpha value is -2.52. The molecule has 4 atom stereocenters. The first-order chi connectivity index (χ1) is 10.8. The van der Waals surface area contributed by atoms with Crippen molar-refractivity contribution in [3.05, 3.63) is 16.7 Å². The zero-order chi connectivity index (χ0) is 17.0. The number of alkyl halides is 1. The van der Waals surface area contributed by atoms with Gasteiger partial charge in [-0.2, -0.15) is 4.98 Å². The summed E-state index contributed by atoms with van der Waals surface area (Å²) in [6.45, 7) is -1.30. The molecule has 6 N–H and O–H groups in total. The minimum absolute atomic E-state index is 0.114. The number of aromatic amines is 1. The number of fused-ring (bicyclic) bond motifs is 1. The van der Waals surface area contributed by atoms with E-state index in [1.165, 1.54) is 0 Å². The van der Waals surface area contributed by atoms with Gasteiger partial charge in [0.25, 0.3) is 11.4 Å². The minimum Gasteiger partial charge on any atom is -0.390 e. The third-order valence-electron chi connectivity index (χ3n) is 3.72. The van der Waals surface area contributed by atoms with Gasteiger partial charge in [0.15, 0.2) is 17.4 Å². The van der Waals surface area contributed by atoms with Gasteiger partial charge in [0, 0.05) is 0 Å². The summed E-state index contributed by atoms with van der Waals surface area (Å²) in [6.07, 6.45) is 2.56. The number of terminal acetylenes is 1. The fraction of sp³-hybridized carbons (Fsp3) is 0.417. The number of nitrogen functional groups attached to an aromatic ring is 1. The van der Waals surface area contributed by atoms with Crippen molar-refractivity contribution in [2.45, 2.75) is 23.8 Å². The van der Waals surface area contributed by atoms with Gasteiger partial charge in [-0.05, 0) is 0 Å². The molecule has 1 aliphatic rings. The third kappa shape index (κ3) is 1.87. The van der Waals surface area contributed by atoms with Gasteiger partial charge in [0.05, 0.1) is 6.33 Å². The van der Waals surface area contributed by atoms with Gasteiger partial charge in [-0.1, -0.05) is 5.92 Å². The van der Waals surface area contributed by atoms with E-state index in [1.54, 1.807) is 5.92 Å². The molecular formula is C12H12FN5O5. The Morgan fingerprint density at radius 3 is 2.91 bits per heavy atom. The quantitative estimate of drug-likeness (QED) is 0.382. The standard InChI is InChI=1S/C12H12FN5O5/c1-2-11(22)6(20)9(23-12(11,13)3-19)18-4-15-5-7(18)16-10(14)17-8(5)21/h1,4,6,9,19-20,22H,3H2,(H3,14,16,17,21)/t6-,9+,11+,12+/m0/s1. The Morgan fingerprint density at radius 1 is 1.65 bits per heavy atom. The van der Waals surface area contributed by atoms with Crippen molar-refractivity contribution in [1.82, 2.24) is 19.5 Å². The second-order valence-corrected chi connectivity index (χ2v) is 5.03. The number of nitrogens with one attached hydrogen (secondary N) is 1. The number of H-pyrrole nitrogens is 1. The SMILES string of the molecule is C#C[C@@]1(O)[C@@H](O)[C@H](n2cnc3c(=O)[nH]c(N)nc32)O[C@]1(F)CO. The molecule has 2 aromatic heterocycles. The molecular weight excluding hydrogens is 313 g/mol. The highest BCUT2D eigenvalue weighted by atomic mass is 19.2. The molecule has 0 bridgehead atoms. The van der Waals surface area contributed by atoms with Crippen LogP contribution in [0, 0.1) is 12.3 Å². The maximum atomic E-state index is 14.6. The van der Waals surface area contributed by atoms with Crippen LogP contribution >= 0.6 is 0 Å². The molecule has 3 heterocycles. The molecule has 11 heteroatoms. The lowest BCUT2D eigenvalue weighted by Gasteiger charge is -2.28. The van der Waals surface area contributed by atoms with Crippen LogP contribution in [0.4, 0.5) is 10.3 Å². The van der Waals surface area contributed by atoms with Crippen molar-refractivity contribution < 1.29 is 24.4 Å². The molecule has 1 aliphatic heterocycles. The van der Waals surface area contributed by atoms with Crippen LogP contribution in [0.2, 0.25) is 0 Å². The number of aliphatic hydroxyl groups is 3. The Labute approximate surface area is 127 Å². The number of rotatable bonds is 2. The molecule has 0 aromatic carbocycles. The number of imidazole rings is 1. The Bertz CT molecular complexity index is 875. The molecule has 0 amide bonds. The predicted octanol–water partition coefficient (Wildman–Crippen LogP) is -2.39. The minimum atomic E-state index is -3.12. The number of halogens is 1. The average Bonchev–Trinajstić information content (AvgIpc) is 3.01. The molecule has 122 valence electrons. The molecule has 10 nitrogen and oxygen atoms in total. The molecule has 2 aromatic rings. The van der Waals surface area contributed by atoms with Gasteiger partial charge < -0.3 is 25.8 Å². The monoisotopic (exact) mass is 325 g/mol. The van der Waals surface area contributed by atoms with Crippen molar-refractivity contribution in [3.63, 3.8) is 0 Å². The number of hydrogen-bond acceptors (Lipinski definition) is 8. The first-order valence-electron chi connectivity index (χ1n) is 6.35. The molecule has 3 rings (SSSR count). The number of ether oxygens (including phenoxy) is 1. The van der Waals surface area contributed by atoms with E-state index >= 15 is 0 Å². The van der Waals surface area contributed by atoms with Crippen LogP contribution < -0.4 is 11.3 Å². The molecule has 0 spiro atoms. The predicted molar refractivity (Wildman–Crippen MR) is 73.4 cm³/mol. The van der Waals surface area contributed by atoms with Crippen molar-refractivity contribution in [2.75, 3.05) is 12.3 Å². The number of anilines is 1. The summed E-state index contributed by atoms with van der Waals surface area (Å²) in [5.41, 5.74) is 1.72. The zero-order valence-corrected chi connectivity index (χ0v) is 11.5. The van der Waals surface area contributed by atoms with Crippen molar-refractivity contribution in [3.8, 4) is 12.3 Å². The average molecular weight is 325 g/mol. The van der Waals surface area contributed by atoms with Gasteiger partial charge in [-0.25, -0.2) is 9.37 Å². The maximum absolute atomic E-state index is 14.6.